The van der Waals surface area contributed by atoms with E-state index >= 15 is 0 Å². The number of hydrogen-bond acceptors (Lipinski definition) is 4. The molecule has 1 aromatic carbocycles. The van der Waals surface area contributed by atoms with Gasteiger partial charge in [0.15, 0.2) is 0 Å². The summed E-state index contributed by atoms with van der Waals surface area (Å²) >= 11 is 0. The third kappa shape index (κ3) is 5.31. The van der Waals surface area contributed by atoms with Crippen LogP contribution in [0.25, 0.3) is 0 Å². The number of benzene rings is 1. The van der Waals surface area contributed by atoms with Crippen LogP contribution in [-0.2, 0) is 19.1 Å². The molecule has 0 unspecified atom stereocenters. The zero-order valence-corrected chi connectivity index (χ0v) is 15.1. The molecule has 1 heterocycles. The second-order valence-corrected chi connectivity index (χ2v) is 6.42. The zero-order valence-electron chi connectivity index (χ0n) is 15.1. The van der Waals surface area contributed by atoms with Gasteiger partial charge >= 0.3 is 5.97 Å². The zero-order chi connectivity index (χ0) is 18.4. The van der Waals surface area contributed by atoms with Crippen LogP contribution >= 0.6 is 0 Å². The molecule has 1 aliphatic heterocycles. The summed E-state index contributed by atoms with van der Waals surface area (Å²) in [7, 11) is 0. The van der Waals surface area contributed by atoms with E-state index in [1.54, 1.807) is 17.0 Å². The average Bonchev–Trinajstić information content (AvgIpc) is 2.60. The fraction of sp³-hybridized carbons (Fsp3) is 0.526. The molecule has 1 fully saturated rings. The van der Waals surface area contributed by atoms with Crippen LogP contribution < -0.4 is 5.32 Å². The number of likely N-dealkylation sites (tertiary alicyclic amines) is 1. The summed E-state index contributed by atoms with van der Waals surface area (Å²) in [6, 6.07) is 7.26. The van der Waals surface area contributed by atoms with E-state index in [4.69, 9.17) is 4.74 Å². The highest BCUT2D eigenvalue weighted by molar-refractivity contribution is 5.88. The van der Waals surface area contributed by atoms with Crippen molar-refractivity contribution in [2.75, 3.05) is 18.4 Å². The van der Waals surface area contributed by atoms with E-state index in [9.17, 15) is 14.4 Å². The fourth-order valence-electron chi connectivity index (χ4n) is 3.03. The first kappa shape index (κ1) is 19.0. The maximum absolute atomic E-state index is 12.5. The van der Waals surface area contributed by atoms with E-state index in [0.717, 1.165) is 18.4 Å². The summed E-state index contributed by atoms with van der Waals surface area (Å²) in [5.41, 5.74) is 1.49. The lowest BCUT2D eigenvalue weighted by Crippen LogP contribution is -2.42. The second kappa shape index (κ2) is 8.65. The molecule has 0 aliphatic carbocycles. The lowest BCUT2D eigenvalue weighted by molar-refractivity contribution is -0.156. The maximum atomic E-state index is 12.5. The minimum Gasteiger partial charge on any atom is -0.458 e. The predicted molar refractivity (Wildman–Crippen MR) is 94.8 cm³/mol. The summed E-state index contributed by atoms with van der Waals surface area (Å²) in [6.07, 6.45) is 1.59. The lowest BCUT2D eigenvalue weighted by Gasteiger charge is -2.32. The molecule has 0 radical (unpaired) electrons. The molecule has 0 saturated carbocycles. The van der Waals surface area contributed by atoms with Gasteiger partial charge in [0.2, 0.25) is 11.8 Å². The van der Waals surface area contributed by atoms with Crippen molar-refractivity contribution in [1.82, 2.24) is 4.90 Å². The van der Waals surface area contributed by atoms with E-state index in [1.807, 2.05) is 26.0 Å². The van der Waals surface area contributed by atoms with E-state index in [0.29, 0.717) is 25.2 Å². The Hall–Kier alpha value is -2.37. The largest absolute Gasteiger partial charge is 0.458 e. The SMILES string of the molecule is CCC(=O)N1CCC[C@H](C(=O)O[C@@H](C)c2cccc(NC(C)=O)c2)C1. The molecule has 1 aliphatic rings. The minimum atomic E-state index is -0.418. The molecule has 0 aromatic heterocycles. The highest BCUT2D eigenvalue weighted by Crippen LogP contribution is 2.24. The minimum absolute atomic E-state index is 0.0774. The monoisotopic (exact) mass is 346 g/mol. The van der Waals surface area contributed by atoms with E-state index in [1.165, 1.54) is 6.92 Å². The number of hydrogen-bond donors (Lipinski definition) is 1. The Labute approximate surface area is 148 Å². The highest BCUT2D eigenvalue weighted by Gasteiger charge is 2.30. The molecule has 1 aromatic rings. The fourth-order valence-corrected chi connectivity index (χ4v) is 3.03. The molecule has 0 bridgehead atoms. The molecule has 1 saturated heterocycles. The molecule has 0 spiro atoms. The van der Waals surface area contributed by atoms with Crippen LogP contribution in [-0.4, -0.2) is 35.8 Å². The van der Waals surface area contributed by atoms with Gasteiger partial charge in [-0.1, -0.05) is 19.1 Å². The summed E-state index contributed by atoms with van der Waals surface area (Å²) in [5, 5.41) is 2.72. The number of carbonyl (C=O) groups is 3. The van der Waals surface area contributed by atoms with Crippen LogP contribution in [0.2, 0.25) is 0 Å². The summed E-state index contributed by atoms with van der Waals surface area (Å²) in [6.45, 7) is 6.23. The number of esters is 1. The number of rotatable bonds is 5. The van der Waals surface area contributed by atoms with E-state index in [-0.39, 0.29) is 23.7 Å². The molecule has 136 valence electrons. The van der Waals surface area contributed by atoms with Gasteiger partial charge in [0, 0.05) is 32.1 Å². The van der Waals surface area contributed by atoms with Crippen molar-refractivity contribution in [3.8, 4) is 0 Å². The van der Waals surface area contributed by atoms with Crippen LogP contribution in [0.5, 0.6) is 0 Å². The van der Waals surface area contributed by atoms with Crippen molar-refractivity contribution in [3.63, 3.8) is 0 Å². The molecule has 1 N–H and O–H groups in total. The molecule has 25 heavy (non-hydrogen) atoms. The van der Waals surface area contributed by atoms with Gasteiger partial charge in [-0.25, -0.2) is 0 Å². The van der Waals surface area contributed by atoms with Crippen molar-refractivity contribution < 1.29 is 19.1 Å². The Bertz CT molecular complexity index is 644. The van der Waals surface area contributed by atoms with Crippen molar-refractivity contribution in [2.24, 2.45) is 5.92 Å². The second-order valence-electron chi connectivity index (χ2n) is 6.42. The molecular formula is C19H26N2O4. The third-order valence-electron chi connectivity index (χ3n) is 4.38. The van der Waals surface area contributed by atoms with Crippen LogP contribution in [0.4, 0.5) is 5.69 Å². The normalized spacial score (nSPS) is 18.4. The predicted octanol–water partition coefficient (Wildman–Crippen LogP) is 2.90. The number of anilines is 1. The molecule has 6 heteroatoms. The van der Waals surface area contributed by atoms with Gasteiger partial charge in [-0.2, -0.15) is 0 Å². The van der Waals surface area contributed by atoms with Crippen molar-refractivity contribution >= 4 is 23.5 Å². The van der Waals surface area contributed by atoms with E-state index in [2.05, 4.69) is 5.32 Å². The van der Waals surface area contributed by atoms with Gasteiger partial charge in [-0.15, -0.1) is 0 Å². The van der Waals surface area contributed by atoms with Crippen LogP contribution in [0.3, 0.4) is 0 Å². The van der Waals surface area contributed by atoms with Gasteiger partial charge in [0.25, 0.3) is 0 Å². The molecule has 2 atom stereocenters. The maximum Gasteiger partial charge on any atom is 0.311 e. The van der Waals surface area contributed by atoms with Gasteiger partial charge in [0.05, 0.1) is 5.92 Å². The number of nitrogens with zero attached hydrogens (tertiary/aromatic N) is 1. The van der Waals surface area contributed by atoms with Gasteiger partial charge < -0.3 is 15.0 Å². The molecule has 2 rings (SSSR count). The first-order valence-electron chi connectivity index (χ1n) is 8.76. The van der Waals surface area contributed by atoms with Crippen LogP contribution in [0, 0.1) is 5.92 Å². The number of carbonyl (C=O) groups excluding carboxylic acids is 3. The smallest absolute Gasteiger partial charge is 0.311 e. The average molecular weight is 346 g/mol. The summed E-state index contributed by atoms with van der Waals surface area (Å²) < 4.78 is 5.61. The Kier molecular flexibility index (Phi) is 6.56. The van der Waals surface area contributed by atoms with Crippen LogP contribution in [0.15, 0.2) is 24.3 Å². The Balaban J connectivity index is 1.97. The Morgan fingerprint density at radius 2 is 2.12 bits per heavy atom. The number of ether oxygens (including phenoxy) is 1. The van der Waals surface area contributed by atoms with Crippen molar-refractivity contribution in [2.45, 2.75) is 46.1 Å². The van der Waals surface area contributed by atoms with Crippen molar-refractivity contribution in [3.05, 3.63) is 29.8 Å². The summed E-state index contributed by atoms with van der Waals surface area (Å²) in [4.78, 5) is 37.2. The standard InChI is InChI=1S/C19H26N2O4/c1-4-18(23)21-10-6-8-16(12-21)19(24)25-13(2)15-7-5-9-17(11-15)20-14(3)22/h5,7,9,11,13,16H,4,6,8,10,12H2,1-3H3,(H,20,22)/t13-,16-/m0/s1. The highest BCUT2D eigenvalue weighted by atomic mass is 16.5. The lowest BCUT2D eigenvalue weighted by atomic mass is 9.97. The van der Waals surface area contributed by atoms with E-state index < -0.39 is 6.10 Å². The molecular weight excluding hydrogens is 320 g/mol. The number of piperidine rings is 1. The van der Waals surface area contributed by atoms with Crippen molar-refractivity contribution in [1.29, 1.82) is 0 Å². The van der Waals surface area contributed by atoms with Gasteiger partial charge in [0.1, 0.15) is 6.10 Å². The number of amides is 2. The van der Waals surface area contributed by atoms with Crippen LogP contribution in [0.1, 0.15) is 51.7 Å². The topological polar surface area (TPSA) is 75.7 Å². The Morgan fingerprint density at radius 1 is 1.36 bits per heavy atom. The summed E-state index contributed by atoms with van der Waals surface area (Å²) in [5.74, 6) is -0.616. The van der Waals surface area contributed by atoms with Gasteiger partial charge in [-0.05, 0) is 37.5 Å². The molecule has 6 nitrogen and oxygen atoms in total. The first-order chi connectivity index (χ1) is 11.9. The molecule has 2 amide bonds. The van der Waals surface area contributed by atoms with Gasteiger partial charge in [-0.3, -0.25) is 14.4 Å². The Morgan fingerprint density at radius 3 is 2.80 bits per heavy atom. The third-order valence-corrected chi connectivity index (χ3v) is 4.38. The quantitative estimate of drug-likeness (QED) is 0.832. The first-order valence-corrected chi connectivity index (χ1v) is 8.76. The number of nitrogens with one attached hydrogen (secondary N) is 1.